The molecule has 0 saturated heterocycles. The summed E-state index contributed by atoms with van der Waals surface area (Å²) in [5.41, 5.74) is 5.58. The van der Waals surface area contributed by atoms with Crippen LogP contribution in [0.25, 0.3) is 0 Å². The smallest absolute Gasteiger partial charge is 0.480 e. The lowest BCUT2D eigenvalue weighted by Gasteiger charge is -2.28. The van der Waals surface area contributed by atoms with Crippen LogP contribution in [0.4, 0.5) is 14.4 Å². The largest absolute Gasteiger partial charge is 0.513 e. The highest BCUT2D eigenvalue weighted by Crippen LogP contribution is 2.36. The third-order valence-electron chi connectivity index (χ3n) is 5.71. The van der Waals surface area contributed by atoms with E-state index in [1.54, 1.807) is 27.7 Å². The second-order valence-electron chi connectivity index (χ2n) is 11.6. The molecule has 1 aromatic carbocycles. The molecule has 2 unspecified atom stereocenters. The highest BCUT2D eigenvalue weighted by Gasteiger charge is 2.33. The molecular weight excluding hydrogens is 538 g/mol. The molecule has 41 heavy (non-hydrogen) atoms. The minimum absolute atomic E-state index is 0.106. The van der Waals surface area contributed by atoms with Crippen LogP contribution in [0.5, 0.6) is 11.5 Å². The summed E-state index contributed by atoms with van der Waals surface area (Å²) in [5.74, 6) is -2.60. The van der Waals surface area contributed by atoms with Crippen LogP contribution < -0.4 is 15.2 Å². The number of carboxylic acids is 1. The van der Waals surface area contributed by atoms with Crippen LogP contribution >= 0.6 is 0 Å². The number of hydrogen-bond acceptors (Lipinski definition) is 11. The molecule has 0 aliphatic carbocycles. The zero-order valence-corrected chi connectivity index (χ0v) is 25.3. The molecular formula is C29H45NO11. The Kier molecular flexibility index (Phi) is 14.4. The van der Waals surface area contributed by atoms with Crippen LogP contribution in [0.1, 0.15) is 79.7 Å². The maximum absolute atomic E-state index is 12.4. The standard InChI is InChI=1S/C29H45NO11/c1-17(2)11-13-36-26(33)39-21-10-9-20(15-22(21)40-27(34)37-14-12-18(3)4)23(24(30)25(31)32)19(5)16-38-28(35)41-29(6,7)8/h9-10,15,17-19,23-24H,11-14,16,30H2,1-8H3,(H,31,32)/t19?,23?,24-/m0/s1. The number of hydrogen-bond donors (Lipinski definition) is 2. The van der Waals surface area contributed by atoms with Gasteiger partial charge in [0.2, 0.25) is 0 Å². The minimum atomic E-state index is -1.43. The Morgan fingerprint density at radius 2 is 1.32 bits per heavy atom. The van der Waals surface area contributed by atoms with Gasteiger partial charge in [-0.2, -0.15) is 0 Å². The summed E-state index contributed by atoms with van der Waals surface area (Å²) in [5, 5.41) is 9.70. The SMILES string of the molecule is CC(C)CCOC(=O)Oc1ccc(C(C(C)COC(=O)OC(C)(C)C)[C@H](N)C(=O)O)cc1OC(=O)OCCC(C)C. The Morgan fingerprint density at radius 3 is 1.78 bits per heavy atom. The van der Waals surface area contributed by atoms with Gasteiger partial charge in [0.05, 0.1) is 19.8 Å². The molecule has 3 N–H and O–H groups in total. The minimum Gasteiger partial charge on any atom is -0.480 e. The normalized spacial score (nSPS) is 13.6. The first kappa shape index (κ1) is 35.5. The van der Waals surface area contributed by atoms with Crippen molar-refractivity contribution < 1.29 is 52.7 Å². The van der Waals surface area contributed by atoms with Crippen molar-refractivity contribution in [1.82, 2.24) is 0 Å². The van der Waals surface area contributed by atoms with Gasteiger partial charge in [0, 0.05) is 5.92 Å². The van der Waals surface area contributed by atoms with Gasteiger partial charge in [0.15, 0.2) is 11.5 Å². The van der Waals surface area contributed by atoms with Gasteiger partial charge in [-0.1, -0.05) is 40.7 Å². The fourth-order valence-electron chi connectivity index (χ4n) is 3.52. The van der Waals surface area contributed by atoms with Crippen molar-refractivity contribution in [2.24, 2.45) is 23.5 Å². The number of ether oxygens (including phenoxy) is 6. The molecule has 3 atom stereocenters. The van der Waals surface area contributed by atoms with Crippen LogP contribution in [0.3, 0.4) is 0 Å². The summed E-state index contributed by atoms with van der Waals surface area (Å²) in [4.78, 5) is 48.7. The summed E-state index contributed by atoms with van der Waals surface area (Å²) in [7, 11) is 0. The molecule has 1 rings (SSSR count). The van der Waals surface area contributed by atoms with Gasteiger partial charge in [0.25, 0.3) is 0 Å². The summed E-state index contributed by atoms with van der Waals surface area (Å²) in [6.45, 7) is 14.6. The molecule has 0 fully saturated rings. The first-order chi connectivity index (χ1) is 19.0. The highest BCUT2D eigenvalue weighted by atomic mass is 16.7. The van der Waals surface area contributed by atoms with Crippen molar-refractivity contribution in [3.8, 4) is 11.5 Å². The summed E-state index contributed by atoms with van der Waals surface area (Å²) in [6.07, 6.45) is -1.74. The van der Waals surface area contributed by atoms with Crippen molar-refractivity contribution in [2.45, 2.75) is 85.8 Å². The third-order valence-corrected chi connectivity index (χ3v) is 5.71. The predicted molar refractivity (Wildman–Crippen MR) is 149 cm³/mol. The van der Waals surface area contributed by atoms with E-state index in [0.717, 1.165) is 0 Å². The highest BCUT2D eigenvalue weighted by molar-refractivity contribution is 5.75. The molecule has 0 aliphatic rings. The molecule has 0 amide bonds. The van der Waals surface area contributed by atoms with Crippen LogP contribution in [-0.2, 0) is 23.7 Å². The lowest BCUT2D eigenvalue weighted by molar-refractivity contribution is -0.139. The molecule has 0 bridgehead atoms. The topological polar surface area (TPSA) is 170 Å². The van der Waals surface area contributed by atoms with Gasteiger partial charge < -0.3 is 39.3 Å². The number of carboxylic acid groups (broad SMARTS) is 1. The molecule has 0 saturated carbocycles. The van der Waals surface area contributed by atoms with Gasteiger partial charge in [-0.05, 0) is 69.1 Å². The van der Waals surface area contributed by atoms with Gasteiger partial charge in [-0.25, -0.2) is 14.4 Å². The van der Waals surface area contributed by atoms with Crippen molar-refractivity contribution in [3.63, 3.8) is 0 Å². The monoisotopic (exact) mass is 583 g/mol. The van der Waals surface area contributed by atoms with E-state index < -0.39 is 47.9 Å². The fraction of sp³-hybridized carbons (Fsp3) is 0.655. The maximum Gasteiger partial charge on any atom is 0.513 e. The summed E-state index contributed by atoms with van der Waals surface area (Å²) in [6, 6.07) is 2.72. The van der Waals surface area contributed by atoms with Gasteiger partial charge in [0.1, 0.15) is 11.6 Å². The van der Waals surface area contributed by atoms with Crippen LogP contribution in [-0.4, -0.2) is 61.0 Å². The Labute approximate surface area is 241 Å². The molecule has 0 aliphatic heterocycles. The predicted octanol–water partition coefficient (Wildman–Crippen LogP) is 5.89. The third kappa shape index (κ3) is 14.1. The van der Waals surface area contributed by atoms with E-state index in [9.17, 15) is 24.3 Å². The number of carbonyl (C=O) groups excluding carboxylic acids is 3. The van der Waals surface area contributed by atoms with E-state index in [0.29, 0.717) is 24.3 Å². The summed E-state index contributed by atoms with van der Waals surface area (Å²) >= 11 is 0. The van der Waals surface area contributed by atoms with Gasteiger partial charge in [-0.15, -0.1) is 0 Å². The van der Waals surface area contributed by atoms with E-state index in [-0.39, 0.29) is 37.2 Å². The number of carbonyl (C=O) groups is 4. The Bertz CT molecular complexity index is 1020. The Hall–Kier alpha value is -3.54. The molecule has 12 heteroatoms. The number of nitrogens with two attached hydrogens (primary N) is 1. The lowest BCUT2D eigenvalue weighted by atomic mass is 9.82. The summed E-state index contributed by atoms with van der Waals surface area (Å²) < 4.78 is 31.2. The van der Waals surface area contributed by atoms with Crippen molar-refractivity contribution >= 4 is 24.4 Å². The van der Waals surface area contributed by atoms with E-state index in [1.165, 1.54) is 18.2 Å². The number of rotatable bonds is 14. The second kappa shape index (κ2) is 16.7. The first-order valence-electron chi connectivity index (χ1n) is 13.7. The first-order valence-corrected chi connectivity index (χ1v) is 13.7. The van der Waals surface area contributed by atoms with Crippen LogP contribution in [0, 0.1) is 17.8 Å². The zero-order chi connectivity index (χ0) is 31.3. The maximum atomic E-state index is 12.4. The van der Waals surface area contributed by atoms with E-state index >= 15 is 0 Å². The lowest BCUT2D eigenvalue weighted by Crippen LogP contribution is -2.41. The zero-order valence-electron chi connectivity index (χ0n) is 25.3. The Balaban J connectivity index is 3.28. The Morgan fingerprint density at radius 1 is 0.805 bits per heavy atom. The molecule has 0 radical (unpaired) electrons. The second-order valence-corrected chi connectivity index (χ2v) is 11.6. The van der Waals surface area contributed by atoms with Crippen molar-refractivity contribution in [2.75, 3.05) is 19.8 Å². The number of aliphatic carboxylic acids is 1. The van der Waals surface area contributed by atoms with Crippen LogP contribution in [0.2, 0.25) is 0 Å². The van der Waals surface area contributed by atoms with Gasteiger partial charge >= 0.3 is 24.4 Å². The van der Waals surface area contributed by atoms with E-state index in [1.807, 2.05) is 27.7 Å². The van der Waals surface area contributed by atoms with Gasteiger partial charge in [-0.3, -0.25) is 4.79 Å². The number of benzene rings is 1. The average Bonchev–Trinajstić information content (AvgIpc) is 2.82. The quantitative estimate of drug-likeness (QED) is 0.151. The van der Waals surface area contributed by atoms with Crippen molar-refractivity contribution in [1.29, 1.82) is 0 Å². The average molecular weight is 584 g/mol. The van der Waals surface area contributed by atoms with Crippen molar-refractivity contribution in [3.05, 3.63) is 23.8 Å². The molecule has 1 aromatic rings. The molecule has 0 heterocycles. The van der Waals surface area contributed by atoms with E-state index in [2.05, 4.69) is 0 Å². The fourth-order valence-corrected chi connectivity index (χ4v) is 3.52. The van der Waals surface area contributed by atoms with Crippen LogP contribution in [0.15, 0.2) is 18.2 Å². The molecule has 12 nitrogen and oxygen atoms in total. The molecule has 232 valence electrons. The molecule has 0 aromatic heterocycles. The van der Waals surface area contributed by atoms with E-state index in [4.69, 9.17) is 34.2 Å². The molecule has 0 spiro atoms.